The highest BCUT2D eigenvalue weighted by Crippen LogP contribution is 2.33. The van der Waals surface area contributed by atoms with E-state index < -0.39 is 0 Å². The van der Waals surface area contributed by atoms with Crippen molar-refractivity contribution < 1.29 is 9.13 Å². The number of fused-ring (bicyclic) bond motifs is 1. The first kappa shape index (κ1) is 13.7. The van der Waals surface area contributed by atoms with E-state index in [0.29, 0.717) is 22.6 Å². The summed E-state index contributed by atoms with van der Waals surface area (Å²) in [4.78, 5) is 0. The van der Waals surface area contributed by atoms with Crippen molar-refractivity contribution in [1.29, 1.82) is 0 Å². The van der Waals surface area contributed by atoms with Gasteiger partial charge in [-0.15, -0.1) is 0 Å². The molecule has 1 heterocycles. The van der Waals surface area contributed by atoms with Crippen LogP contribution in [-0.2, 0) is 13.0 Å². The van der Waals surface area contributed by atoms with Gasteiger partial charge in [0.15, 0.2) is 0 Å². The summed E-state index contributed by atoms with van der Waals surface area (Å²) in [7, 11) is 0. The van der Waals surface area contributed by atoms with Crippen molar-refractivity contribution >= 4 is 33.2 Å². The van der Waals surface area contributed by atoms with Crippen LogP contribution in [0.25, 0.3) is 0 Å². The Balaban J connectivity index is 1.80. The van der Waals surface area contributed by atoms with E-state index in [-0.39, 0.29) is 5.82 Å². The third-order valence-corrected chi connectivity index (χ3v) is 4.09. The second kappa shape index (κ2) is 5.62. The van der Waals surface area contributed by atoms with Crippen molar-refractivity contribution in [1.82, 2.24) is 0 Å². The maximum Gasteiger partial charge on any atom is 0.139 e. The number of anilines is 1. The number of hydrogen-bond acceptors (Lipinski definition) is 2. The number of nitrogens with one attached hydrogen (secondary N) is 1. The summed E-state index contributed by atoms with van der Waals surface area (Å²) in [6.45, 7) is 1.24. The number of benzene rings is 2. The average molecular weight is 357 g/mol. The molecule has 5 heteroatoms. The summed E-state index contributed by atoms with van der Waals surface area (Å²) in [6.07, 6.45) is 0.885. The second-order valence-electron chi connectivity index (χ2n) is 4.63. The van der Waals surface area contributed by atoms with E-state index in [0.717, 1.165) is 29.0 Å². The lowest BCUT2D eigenvalue weighted by Gasteiger charge is -2.11. The molecule has 1 aliphatic heterocycles. The molecule has 0 radical (unpaired) electrons. The maximum atomic E-state index is 13.5. The van der Waals surface area contributed by atoms with Crippen molar-refractivity contribution in [3.05, 3.63) is 56.8 Å². The lowest BCUT2D eigenvalue weighted by atomic mass is 10.1. The van der Waals surface area contributed by atoms with E-state index in [1.807, 2.05) is 18.2 Å². The Morgan fingerprint density at radius 3 is 2.95 bits per heavy atom. The first-order valence-corrected chi connectivity index (χ1v) is 7.43. The smallest absolute Gasteiger partial charge is 0.139 e. The van der Waals surface area contributed by atoms with Crippen molar-refractivity contribution in [3.63, 3.8) is 0 Å². The summed E-state index contributed by atoms with van der Waals surface area (Å²) in [5.74, 6) is 0.613. The fourth-order valence-corrected chi connectivity index (χ4v) is 2.79. The second-order valence-corrected chi connectivity index (χ2v) is 5.92. The van der Waals surface area contributed by atoms with Crippen LogP contribution in [0.3, 0.4) is 0 Å². The van der Waals surface area contributed by atoms with Crippen LogP contribution in [0.5, 0.6) is 5.75 Å². The summed E-state index contributed by atoms with van der Waals surface area (Å²) in [5, 5.41) is 3.89. The molecule has 2 aromatic rings. The SMILES string of the molecule is Fc1cc(NCc2cc(Cl)cc3c2OCC3)ccc1Br. The predicted molar refractivity (Wildman–Crippen MR) is 82.1 cm³/mol. The third-order valence-electron chi connectivity index (χ3n) is 3.23. The van der Waals surface area contributed by atoms with Crippen LogP contribution in [0.2, 0.25) is 5.02 Å². The van der Waals surface area contributed by atoms with Crippen molar-refractivity contribution in [2.24, 2.45) is 0 Å². The van der Waals surface area contributed by atoms with Crippen LogP contribution in [0, 0.1) is 5.82 Å². The molecule has 2 aromatic carbocycles. The van der Waals surface area contributed by atoms with Gasteiger partial charge in [-0.2, -0.15) is 0 Å². The van der Waals surface area contributed by atoms with Gasteiger partial charge in [0.05, 0.1) is 11.1 Å². The largest absolute Gasteiger partial charge is 0.493 e. The van der Waals surface area contributed by atoms with Gasteiger partial charge in [0.1, 0.15) is 11.6 Å². The molecule has 0 saturated carbocycles. The minimum atomic E-state index is -0.289. The van der Waals surface area contributed by atoms with Gasteiger partial charge in [-0.05, 0) is 51.8 Å². The summed E-state index contributed by atoms with van der Waals surface area (Å²) < 4.78 is 19.5. The highest BCUT2D eigenvalue weighted by Gasteiger charge is 2.17. The van der Waals surface area contributed by atoms with Gasteiger partial charge >= 0.3 is 0 Å². The Morgan fingerprint density at radius 2 is 2.15 bits per heavy atom. The fraction of sp³-hybridized carbons (Fsp3) is 0.200. The van der Waals surface area contributed by atoms with E-state index in [2.05, 4.69) is 21.2 Å². The van der Waals surface area contributed by atoms with Crippen molar-refractivity contribution in [2.75, 3.05) is 11.9 Å². The molecule has 1 N–H and O–H groups in total. The van der Waals surface area contributed by atoms with Crippen LogP contribution in [0.15, 0.2) is 34.8 Å². The number of rotatable bonds is 3. The van der Waals surface area contributed by atoms with Gasteiger partial charge in [-0.25, -0.2) is 4.39 Å². The predicted octanol–water partition coefficient (Wildman–Crippen LogP) is 4.79. The van der Waals surface area contributed by atoms with Crippen LogP contribution >= 0.6 is 27.5 Å². The van der Waals surface area contributed by atoms with Crippen molar-refractivity contribution in [3.8, 4) is 5.75 Å². The molecule has 2 nitrogen and oxygen atoms in total. The maximum absolute atomic E-state index is 13.5. The molecule has 0 unspecified atom stereocenters. The van der Waals surface area contributed by atoms with E-state index in [4.69, 9.17) is 16.3 Å². The molecule has 0 aliphatic carbocycles. The standard InChI is InChI=1S/C15H12BrClFNO/c16-13-2-1-12(7-14(13)18)19-8-10-6-11(17)5-9-3-4-20-15(9)10/h1-2,5-7,19H,3-4,8H2. The lowest BCUT2D eigenvalue weighted by molar-refractivity contribution is 0.354. The highest BCUT2D eigenvalue weighted by molar-refractivity contribution is 9.10. The molecule has 20 heavy (non-hydrogen) atoms. The zero-order chi connectivity index (χ0) is 14.1. The van der Waals surface area contributed by atoms with Gasteiger partial charge in [-0.3, -0.25) is 0 Å². The normalized spacial score (nSPS) is 12.9. The first-order chi connectivity index (χ1) is 9.63. The van der Waals surface area contributed by atoms with Crippen LogP contribution in [-0.4, -0.2) is 6.61 Å². The molecule has 0 spiro atoms. The molecule has 0 saturated heterocycles. The van der Waals surface area contributed by atoms with E-state index in [1.165, 1.54) is 6.07 Å². The van der Waals surface area contributed by atoms with Gasteiger partial charge in [0, 0.05) is 29.2 Å². The average Bonchev–Trinajstić information content (AvgIpc) is 2.88. The van der Waals surface area contributed by atoms with Crippen LogP contribution in [0.1, 0.15) is 11.1 Å². The van der Waals surface area contributed by atoms with Crippen molar-refractivity contribution in [2.45, 2.75) is 13.0 Å². The number of hydrogen-bond donors (Lipinski definition) is 1. The molecule has 1 aliphatic rings. The molecule has 104 valence electrons. The van der Waals surface area contributed by atoms with E-state index in [9.17, 15) is 4.39 Å². The zero-order valence-corrected chi connectivity index (χ0v) is 12.9. The van der Waals surface area contributed by atoms with Gasteiger partial charge in [0.2, 0.25) is 0 Å². The zero-order valence-electron chi connectivity index (χ0n) is 10.6. The minimum Gasteiger partial charge on any atom is -0.493 e. The minimum absolute atomic E-state index is 0.289. The number of halogens is 3. The first-order valence-electron chi connectivity index (χ1n) is 6.26. The Labute approximate surface area is 130 Å². The van der Waals surface area contributed by atoms with Gasteiger partial charge < -0.3 is 10.1 Å². The molecule has 0 amide bonds. The summed E-state index contributed by atoms with van der Waals surface area (Å²) >= 11 is 9.24. The molecule has 0 atom stereocenters. The molecule has 0 bridgehead atoms. The fourth-order valence-electron chi connectivity index (χ4n) is 2.28. The van der Waals surface area contributed by atoms with Crippen LogP contribution < -0.4 is 10.1 Å². The Bertz CT molecular complexity index is 663. The molecule has 3 rings (SSSR count). The highest BCUT2D eigenvalue weighted by atomic mass is 79.9. The molecule has 0 aromatic heterocycles. The number of ether oxygens (including phenoxy) is 1. The van der Waals surface area contributed by atoms with E-state index >= 15 is 0 Å². The molecular formula is C15H12BrClFNO. The van der Waals surface area contributed by atoms with Gasteiger partial charge in [0.25, 0.3) is 0 Å². The Kier molecular flexibility index (Phi) is 3.85. The monoisotopic (exact) mass is 355 g/mol. The van der Waals surface area contributed by atoms with Crippen LogP contribution in [0.4, 0.5) is 10.1 Å². The van der Waals surface area contributed by atoms with Gasteiger partial charge in [-0.1, -0.05) is 11.6 Å². The Hall–Kier alpha value is -1.26. The quantitative estimate of drug-likeness (QED) is 0.854. The summed E-state index contributed by atoms with van der Waals surface area (Å²) in [5.41, 5.74) is 2.85. The molecule has 0 fully saturated rings. The topological polar surface area (TPSA) is 21.3 Å². The molecular weight excluding hydrogens is 345 g/mol. The third kappa shape index (κ3) is 2.76. The Morgan fingerprint density at radius 1 is 1.30 bits per heavy atom. The summed E-state index contributed by atoms with van der Waals surface area (Å²) in [6, 6.07) is 8.77. The van der Waals surface area contributed by atoms with E-state index in [1.54, 1.807) is 6.07 Å². The lowest BCUT2D eigenvalue weighted by Crippen LogP contribution is -2.02.